The highest BCUT2D eigenvalue weighted by molar-refractivity contribution is 5.99. The van der Waals surface area contributed by atoms with Crippen molar-refractivity contribution in [2.45, 2.75) is 6.92 Å². The van der Waals surface area contributed by atoms with Crippen LogP contribution in [0.2, 0.25) is 0 Å². The Morgan fingerprint density at radius 1 is 1.48 bits per heavy atom. The molecule has 0 spiro atoms. The predicted octanol–water partition coefficient (Wildman–Crippen LogP) is 1.43. The quantitative estimate of drug-likeness (QED) is 0.502. The average Bonchev–Trinajstić information content (AvgIpc) is 3.04. The second kappa shape index (κ2) is 7.84. The van der Waals surface area contributed by atoms with Gasteiger partial charge >= 0.3 is 5.97 Å². The Kier molecular flexibility index (Phi) is 5.58. The number of aliphatic imine (C=N–C) groups is 1. The summed E-state index contributed by atoms with van der Waals surface area (Å²) in [7, 11) is 1.61. The maximum Gasteiger partial charge on any atom is 0.350 e. The predicted molar refractivity (Wildman–Crippen MR) is 86.1 cm³/mol. The molecule has 0 amide bonds. The Bertz CT molecular complexity index is 659. The van der Waals surface area contributed by atoms with Gasteiger partial charge in [0.1, 0.15) is 11.8 Å². The number of esters is 1. The highest BCUT2D eigenvalue weighted by atomic mass is 16.5. The molecule has 0 saturated carbocycles. The fourth-order valence-corrected chi connectivity index (χ4v) is 2.07. The third-order valence-corrected chi connectivity index (χ3v) is 3.19. The minimum Gasteiger partial charge on any atom is -0.497 e. The zero-order valence-corrected chi connectivity index (χ0v) is 13.1. The number of nitriles is 1. The summed E-state index contributed by atoms with van der Waals surface area (Å²) in [5.41, 5.74) is 0.841. The molecule has 0 unspecified atom stereocenters. The van der Waals surface area contributed by atoms with Gasteiger partial charge in [0.2, 0.25) is 5.96 Å². The maximum absolute atomic E-state index is 11.6. The molecule has 1 aliphatic rings. The minimum atomic E-state index is -0.655. The van der Waals surface area contributed by atoms with Crippen LogP contribution in [0, 0.1) is 11.3 Å². The summed E-state index contributed by atoms with van der Waals surface area (Å²) in [5, 5.41) is 11.9. The minimum absolute atomic E-state index is 0.101. The van der Waals surface area contributed by atoms with Gasteiger partial charge in [-0.2, -0.15) is 5.26 Å². The number of carbonyl (C=O) groups is 1. The van der Waals surface area contributed by atoms with E-state index in [1.165, 1.54) is 6.20 Å². The zero-order chi connectivity index (χ0) is 16.7. The van der Waals surface area contributed by atoms with Gasteiger partial charge in [-0.3, -0.25) is 4.99 Å². The molecule has 2 rings (SSSR count). The van der Waals surface area contributed by atoms with E-state index in [9.17, 15) is 4.79 Å². The fraction of sp³-hybridized carbons (Fsp3) is 0.312. The van der Waals surface area contributed by atoms with Gasteiger partial charge in [-0.15, -0.1) is 0 Å². The molecule has 1 heterocycles. The number of nitrogens with zero attached hydrogens (tertiary/aromatic N) is 3. The number of anilines is 1. The summed E-state index contributed by atoms with van der Waals surface area (Å²) in [6.07, 6.45) is 1.32. The molecule has 1 aliphatic heterocycles. The molecule has 0 saturated heterocycles. The van der Waals surface area contributed by atoms with Gasteiger partial charge in [-0.25, -0.2) is 4.79 Å². The summed E-state index contributed by atoms with van der Waals surface area (Å²) >= 11 is 0. The first-order chi connectivity index (χ1) is 11.2. The largest absolute Gasteiger partial charge is 0.497 e. The Morgan fingerprint density at radius 3 is 2.83 bits per heavy atom. The van der Waals surface area contributed by atoms with Gasteiger partial charge in [0.25, 0.3) is 0 Å². The van der Waals surface area contributed by atoms with E-state index in [2.05, 4.69) is 10.3 Å². The third-order valence-electron chi connectivity index (χ3n) is 3.19. The highest BCUT2D eigenvalue weighted by Crippen LogP contribution is 2.20. The van der Waals surface area contributed by atoms with Crippen LogP contribution in [-0.4, -0.2) is 38.7 Å². The lowest BCUT2D eigenvalue weighted by Crippen LogP contribution is -2.36. The molecule has 0 aromatic heterocycles. The molecule has 7 nitrogen and oxygen atoms in total. The molecule has 120 valence electrons. The molecular weight excluding hydrogens is 296 g/mol. The fourth-order valence-electron chi connectivity index (χ4n) is 2.07. The van der Waals surface area contributed by atoms with Crippen molar-refractivity contribution in [2.75, 3.05) is 31.7 Å². The van der Waals surface area contributed by atoms with Crippen molar-refractivity contribution in [1.82, 2.24) is 5.32 Å². The van der Waals surface area contributed by atoms with Crippen LogP contribution in [0.3, 0.4) is 0 Å². The number of hydrogen-bond donors (Lipinski definition) is 1. The van der Waals surface area contributed by atoms with Gasteiger partial charge in [0.15, 0.2) is 5.57 Å². The van der Waals surface area contributed by atoms with Gasteiger partial charge in [-0.05, 0) is 31.2 Å². The number of carbonyl (C=O) groups excluding carboxylic acids is 1. The molecule has 7 heteroatoms. The average molecular weight is 314 g/mol. The maximum atomic E-state index is 11.6. The van der Waals surface area contributed by atoms with Crippen LogP contribution < -0.4 is 15.0 Å². The van der Waals surface area contributed by atoms with Gasteiger partial charge < -0.3 is 19.7 Å². The number of benzene rings is 1. The van der Waals surface area contributed by atoms with Gasteiger partial charge in [0.05, 0.1) is 20.3 Å². The van der Waals surface area contributed by atoms with E-state index in [4.69, 9.17) is 14.7 Å². The van der Waals surface area contributed by atoms with Crippen molar-refractivity contribution < 1.29 is 14.3 Å². The number of ether oxygens (including phenoxy) is 2. The van der Waals surface area contributed by atoms with Crippen molar-refractivity contribution in [3.05, 3.63) is 36.0 Å². The second-order valence-corrected chi connectivity index (χ2v) is 4.59. The highest BCUT2D eigenvalue weighted by Gasteiger charge is 2.19. The monoisotopic (exact) mass is 314 g/mol. The molecular formula is C16H18N4O3. The van der Waals surface area contributed by atoms with E-state index in [0.717, 1.165) is 11.4 Å². The Hall–Kier alpha value is -3.01. The summed E-state index contributed by atoms with van der Waals surface area (Å²) in [4.78, 5) is 17.9. The first-order valence-corrected chi connectivity index (χ1v) is 7.19. The van der Waals surface area contributed by atoms with Crippen molar-refractivity contribution in [2.24, 2.45) is 4.99 Å². The number of nitrogens with one attached hydrogen (secondary N) is 1. The standard InChI is InChI=1S/C16H18N4O3/c1-3-23-15(21)12(10-17)11-19-16-18-8-9-20(16)13-4-6-14(22-2)7-5-13/h4-7,11H,3,8-9H2,1-2H3,(H,18,19). The van der Waals surface area contributed by atoms with Crippen LogP contribution in [-0.2, 0) is 9.53 Å². The Balaban J connectivity index is 2.09. The van der Waals surface area contributed by atoms with Crippen LogP contribution in [0.1, 0.15) is 6.92 Å². The van der Waals surface area contributed by atoms with E-state index in [1.54, 1.807) is 14.0 Å². The number of methoxy groups -OCH3 is 1. The molecule has 23 heavy (non-hydrogen) atoms. The van der Waals surface area contributed by atoms with Crippen molar-refractivity contribution in [3.8, 4) is 11.8 Å². The topological polar surface area (TPSA) is 87.0 Å². The number of hydrogen-bond acceptors (Lipinski definition) is 7. The third kappa shape index (κ3) is 4.01. The lowest BCUT2D eigenvalue weighted by atomic mass is 10.3. The van der Waals surface area contributed by atoms with Crippen LogP contribution in [0.5, 0.6) is 5.75 Å². The van der Waals surface area contributed by atoms with E-state index in [-0.39, 0.29) is 12.2 Å². The lowest BCUT2D eigenvalue weighted by molar-refractivity contribution is -0.138. The molecule has 0 radical (unpaired) electrons. The van der Waals surface area contributed by atoms with Crippen molar-refractivity contribution in [3.63, 3.8) is 0 Å². The summed E-state index contributed by atoms with van der Waals surface area (Å²) in [6.45, 7) is 3.25. The normalized spacial score (nSPS) is 14.0. The van der Waals surface area contributed by atoms with Gasteiger partial charge in [-0.1, -0.05) is 0 Å². The first kappa shape index (κ1) is 16.4. The van der Waals surface area contributed by atoms with E-state index in [1.807, 2.05) is 35.2 Å². The van der Waals surface area contributed by atoms with Crippen molar-refractivity contribution >= 4 is 17.6 Å². The summed E-state index contributed by atoms with van der Waals surface area (Å²) < 4.78 is 9.95. The lowest BCUT2D eigenvalue weighted by Gasteiger charge is -2.20. The van der Waals surface area contributed by atoms with E-state index >= 15 is 0 Å². The molecule has 0 atom stereocenters. The summed E-state index contributed by atoms with van der Waals surface area (Å²) in [6, 6.07) is 9.37. The van der Waals surface area contributed by atoms with Crippen LogP contribution in [0.15, 0.2) is 41.0 Å². The molecule has 1 N–H and O–H groups in total. The molecule has 1 aromatic rings. The van der Waals surface area contributed by atoms with Crippen LogP contribution >= 0.6 is 0 Å². The van der Waals surface area contributed by atoms with Crippen molar-refractivity contribution in [1.29, 1.82) is 5.26 Å². The van der Waals surface area contributed by atoms with E-state index < -0.39 is 5.97 Å². The first-order valence-electron chi connectivity index (χ1n) is 7.19. The molecule has 1 aromatic carbocycles. The number of guanidine groups is 1. The number of rotatable bonds is 5. The second-order valence-electron chi connectivity index (χ2n) is 4.59. The Labute approximate surface area is 134 Å². The van der Waals surface area contributed by atoms with Gasteiger partial charge in [0, 0.05) is 18.4 Å². The van der Waals surface area contributed by atoms with Crippen LogP contribution in [0.4, 0.5) is 5.69 Å². The van der Waals surface area contributed by atoms with E-state index in [0.29, 0.717) is 19.0 Å². The van der Waals surface area contributed by atoms with Crippen LogP contribution in [0.25, 0.3) is 0 Å². The SMILES string of the molecule is CCOC(=O)C(C#N)=CNC1=NCCN1c1ccc(OC)cc1. The zero-order valence-electron chi connectivity index (χ0n) is 13.1. The molecule has 0 bridgehead atoms. The smallest absolute Gasteiger partial charge is 0.350 e. The molecule has 0 aliphatic carbocycles. The summed E-state index contributed by atoms with van der Waals surface area (Å²) in [5.74, 6) is 0.692. The molecule has 0 fully saturated rings. The Morgan fingerprint density at radius 2 is 2.22 bits per heavy atom.